The average molecular weight is 380 g/mol. The third-order valence-electron chi connectivity index (χ3n) is 3.76. The molecule has 0 saturated heterocycles. The zero-order chi connectivity index (χ0) is 19.5. The highest BCUT2D eigenvalue weighted by Crippen LogP contribution is 2.25. The molecular weight excluding hydrogens is 356 g/mol. The Morgan fingerprint density at radius 3 is 2.62 bits per heavy atom. The van der Waals surface area contributed by atoms with Gasteiger partial charge in [-0.15, -0.1) is 0 Å². The predicted molar refractivity (Wildman–Crippen MR) is 101 cm³/mol. The molecule has 2 aromatic rings. The number of aryl methyl sites for hydroxylation is 2. The van der Waals surface area contributed by atoms with Crippen LogP contribution in [0.4, 0.5) is 11.4 Å². The molecule has 0 saturated carbocycles. The van der Waals surface area contributed by atoms with Gasteiger partial charge in [-0.2, -0.15) is 5.10 Å². The maximum Gasteiger partial charge on any atom is 0.337 e. The minimum Gasteiger partial charge on any atom is -0.478 e. The molecule has 1 heterocycles. The van der Waals surface area contributed by atoms with E-state index in [2.05, 4.69) is 16.7 Å². The number of anilines is 2. The summed E-state index contributed by atoms with van der Waals surface area (Å²) in [6.45, 7) is 5.27. The van der Waals surface area contributed by atoms with Crippen molar-refractivity contribution in [3.05, 3.63) is 41.2 Å². The number of hydrogen-bond donors (Lipinski definition) is 2. The summed E-state index contributed by atoms with van der Waals surface area (Å²) in [7, 11) is -1.68. The molecule has 0 atom stereocenters. The number of aromatic carboxylic acids is 1. The van der Waals surface area contributed by atoms with E-state index in [9.17, 15) is 18.3 Å². The van der Waals surface area contributed by atoms with E-state index in [1.807, 2.05) is 22.6 Å². The minimum absolute atomic E-state index is 0.0272. The number of rotatable bonds is 8. The second kappa shape index (κ2) is 7.77. The van der Waals surface area contributed by atoms with E-state index in [4.69, 9.17) is 0 Å². The first-order chi connectivity index (χ1) is 12.1. The number of hydrogen-bond acceptors (Lipinski definition) is 5. The Balaban J connectivity index is 2.33. The number of aromatic nitrogens is 2. The van der Waals surface area contributed by atoms with Crippen LogP contribution in [0.5, 0.6) is 0 Å². The van der Waals surface area contributed by atoms with Gasteiger partial charge in [-0.05, 0) is 37.6 Å². The summed E-state index contributed by atoms with van der Waals surface area (Å²) in [6.07, 6.45) is 1.97. The van der Waals surface area contributed by atoms with Crippen LogP contribution < -0.4 is 9.62 Å². The molecule has 1 aromatic heterocycles. The van der Waals surface area contributed by atoms with E-state index in [0.29, 0.717) is 12.2 Å². The Labute approximate surface area is 153 Å². The Bertz CT molecular complexity index is 905. The van der Waals surface area contributed by atoms with Gasteiger partial charge in [0.2, 0.25) is 10.0 Å². The second-order valence-corrected chi connectivity index (χ2v) is 8.02. The quantitative estimate of drug-likeness (QED) is 0.728. The summed E-state index contributed by atoms with van der Waals surface area (Å²) in [6, 6.07) is 6.45. The van der Waals surface area contributed by atoms with Crippen LogP contribution in [0.1, 0.15) is 35.1 Å². The largest absolute Gasteiger partial charge is 0.478 e. The Morgan fingerprint density at radius 2 is 2.04 bits per heavy atom. The maximum atomic E-state index is 11.6. The summed E-state index contributed by atoms with van der Waals surface area (Å²) < 4.78 is 26.9. The molecule has 0 unspecified atom stereocenters. The molecule has 0 amide bonds. The molecule has 26 heavy (non-hydrogen) atoms. The lowest BCUT2D eigenvalue weighted by Gasteiger charge is -2.22. The third-order valence-corrected chi connectivity index (χ3v) is 4.37. The normalized spacial score (nSPS) is 11.4. The summed E-state index contributed by atoms with van der Waals surface area (Å²) in [5.74, 6) is -1.12. The number of carboxylic acid groups (broad SMARTS) is 1. The second-order valence-electron chi connectivity index (χ2n) is 6.27. The number of carboxylic acids is 1. The number of benzene rings is 1. The van der Waals surface area contributed by atoms with Crippen LogP contribution in [0.25, 0.3) is 0 Å². The molecule has 2 rings (SSSR count). The van der Waals surface area contributed by atoms with Crippen LogP contribution in [0, 0.1) is 6.92 Å². The fourth-order valence-corrected chi connectivity index (χ4v) is 3.33. The van der Waals surface area contributed by atoms with Crippen LogP contribution in [-0.2, 0) is 23.1 Å². The van der Waals surface area contributed by atoms with Crippen molar-refractivity contribution in [2.45, 2.75) is 33.4 Å². The third kappa shape index (κ3) is 4.98. The average Bonchev–Trinajstić information content (AvgIpc) is 2.85. The number of sulfonamides is 1. The zero-order valence-electron chi connectivity index (χ0n) is 15.4. The van der Waals surface area contributed by atoms with Crippen LogP contribution >= 0.6 is 0 Å². The Kier molecular flexibility index (Phi) is 5.91. The van der Waals surface area contributed by atoms with E-state index in [1.54, 1.807) is 19.2 Å². The highest BCUT2D eigenvalue weighted by molar-refractivity contribution is 7.92. The molecule has 0 aliphatic rings. The van der Waals surface area contributed by atoms with E-state index < -0.39 is 16.0 Å². The fourth-order valence-electron chi connectivity index (χ4n) is 2.78. The van der Waals surface area contributed by atoms with Gasteiger partial charge in [-0.25, -0.2) is 13.2 Å². The molecule has 0 aliphatic heterocycles. The highest BCUT2D eigenvalue weighted by atomic mass is 32.2. The first kappa shape index (κ1) is 19.8. The van der Waals surface area contributed by atoms with Crippen molar-refractivity contribution >= 4 is 27.4 Å². The molecular formula is C17H24N4O4S. The number of carbonyl (C=O) groups is 1. The Morgan fingerprint density at radius 1 is 1.35 bits per heavy atom. The van der Waals surface area contributed by atoms with Gasteiger partial charge in [0.25, 0.3) is 0 Å². The van der Waals surface area contributed by atoms with Crippen molar-refractivity contribution in [2.24, 2.45) is 0 Å². The van der Waals surface area contributed by atoms with Gasteiger partial charge in [0.05, 0.1) is 35.4 Å². The number of nitrogens with one attached hydrogen (secondary N) is 1. The van der Waals surface area contributed by atoms with Gasteiger partial charge < -0.3 is 10.0 Å². The summed E-state index contributed by atoms with van der Waals surface area (Å²) >= 11 is 0. The molecule has 1 aromatic carbocycles. The first-order valence-corrected chi connectivity index (χ1v) is 10.1. The summed E-state index contributed by atoms with van der Waals surface area (Å²) in [5, 5.41) is 14.0. The first-order valence-electron chi connectivity index (χ1n) is 8.20. The molecule has 142 valence electrons. The van der Waals surface area contributed by atoms with Crippen molar-refractivity contribution in [2.75, 3.05) is 22.9 Å². The molecule has 0 fully saturated rings. The SMILES string of the molecule is CCCn1nc(C)cc1CN(C)c1ccc(NS(C)(=O)=O)cc1C(=O)O. The fraction of sp³-hybridized carbons (Fsp3) is 0.412. The van der Waals surface area contributed by atoms with Gasteiger partial charge in [0, 0.05) is 19.3 Å². The standard InChI is InChI=1S/C17H24N4O4S/c1-5-8-21-14(9-12(2)18-21)11-20(3)16-7-6-13(19-26(4,24)25)10-15(16)17(22)23/h6-7,9-10,19H,5,8,11H2,1-4H3,(H,22,23). The molecule has 0 radical (unpaired) electrons. The maximum absolute atomic E-state index is 11.6. The lowest BCUT2D eigenvalue weighted by molar-refractivity contribution is 0.0697. The van der Waals surface area contributed by atoms with Crippen molar-refractivity contribution in [3.8, 4) is 0 Å². The monoisotopic (exact) mass is 380 g/mol. The highest BCUT2D eigenvalue weighted by Gasteiger charge is 2.17. The van der Waals surface area contributed by atoms with Gasteiger partial charge in [-0.1, -0.05) is 6.92 Å². The molecule has 0 aliphatic carbocycles. The molecule has 9 heteroatoms. The smallest absolute Gasteiger partial charge is 0.337 e. The lowest BCUT2D eigenvalue weighted by Crippen LogP contribution is -2.22. The van der Waals surface area contributed by atoms with Gasteiger partial charge in [-0.3, -0.25) is 9.40 Å². The lowest BCUT2D eigenvalue weighted by atomic mass is 10.1. The summed E-state index contributed by atoms with van der Waals surface area (Å²) in [4.78, 5) is 13.5. The van der Waals surface area contributed by atoms with E-state index in [-0.39, 0.29) is 11.3 Å². The Hall–Kier alpha value is -2.55. The number of nitrogens with zero attached hydrogens (tertiary/aromatic N) is 3. The molecule has 8 nitrogen and oxygen atoms in total. The van der Waals surface area contributed by atoms with Crippen molar-refractivity contribution in [3.63, 3.8) is 0 Å². The topological polar surface area (TPSA) is 105 Å². The van der Waals surface area contributed by atoms with Gasteiger partial charge >= 0.3 is 5.97 Å². The zero-order valence-corrected chi connectivity index (χ0v) is 16.2. The van der Waals surface area contributed by atoms with Gasteiger partial charge in [0.15, 0.2) is 0 Å². The van der Waals surface area contributed by atoms with Gasteiger partial charge in [0.1, 0.15) is 0 Å². The molecule has 0 spiro atoms. The van der Waals surface area contributed by atoms with E-state index in [1.165, 1.54) is 6.07 Å². The minimum atomic E-state index is -3.48. The van der Waals surface area contributed by atoms with Crippen molar-refractivity contribution < 1.29 is 18.3 Å². The molecule has 0 bridgehead atoms. The predicted octanol–water partition coefficient (Wildman–Crippen LogP) is 2.31. The molecule has 2 N–H and O–H groups in total. The van der Waals surface area contributed by atoms with E-state index >= 15 is 0 Å². The van der Waals surface area contributed by atoms with E-state index in [0.717, 1.165) is 30.6 Å². The van der Waals surface area contributed by atoms with Crippen LogP contribution in [0.15, 0.2) is 24.3 Å². The van der Waals surface area contributed by atoms with Crippen LogP contribution in [0.3, 0.4) is 0 Å². The van der Waals surface area contributed by atoms with Crippen molar-refractivity contribution in [1.29, 1.82) is 0 Å². The van der Waals surface area contributed by atoms with Crippen LogP contribution in [-0.4, -0.2) is 42.6 Å². The van der Waals surface area contributed by atoms with Crippen LogP contribution in [0.2, 0.25) is 0 Å². The van der Waals surface area contributed by atoms with Crippen molar-refractivity contribution in [1.82, 2.24) is 9.78 Å². The summed E-state index contributed by atoms with van der Waals surface area (Å²) in [5.41, 5.74) is 2.64.